The highest BCUT2D eigenvalue weighted by Gasteiger charge is 2.49. The first kappa shape index (κ1) is 21.2. The summed E-state index contributed by atoms with van der Waals surface area (Å²) in [6, 6.07) is 9.99. The van der Waals surface area contributed by atoms with E-state index in [-0.39, 0.29) is 17.9 Å². The maximum absolute atomic E-state index is 13.7. The first-order valence-corrected chi connectivity index (χ1v) is 11.6. The summed E-state index contributed by atoms with van der Waals surface area (Å²) in [6.45, 7) is 6.16. The van der Waals surface area contributed by atoms with Crippen molar-refractivity contribution < 1.29 is 19.3 Å². The Morgan fingerprint density at radius 2 is 2.12 bits per heavy atom. The molecule has 4 atom stereocenters. The Hall–Kier alpha value is -2.67. The van der Waals surface area contributed by atoms with Crippen molar-refractivity contribution in [2.45, 2.75) is 76.5 Å². The number of nitrogens with zero attached hydrogens (tertiary/aromatic N) is 3. The summed E-state index contributed by atoms with van der Waals surface area (Å²) in [6.07, 6.45) is 3.56. The molecule has 0 saturated carbocycles. The van der Waals surface area contributed by atoms with Crippen LogP contribution in [0.15, 0.2) is 40.0 Å². The van der Waals surface area contributed by atoms with E-state index in [4.69, 9.17) is 9.36 Å². The average Bonchev–Trinajstić information content (AvgIpc) is 3.48. The van der Waals surface area contributed by atoms with Crippen LogP contribution in [0.5, 0.6) is 0 Å². The molecule has 1 aliphatic carbocycles. The number of likely N-dealkylation sites (tertiary alicyclic amines) is 1. The predicted octanol–water partition coefficient (Wildman–Crippen LogP) is 3.69. The number of benzene rings is 1. The second-order valence-electron chi connectivity index (χ2n) is 9.84. The van der Waals surface area contributed by atoms with Crippen LogP contribution < -0.4 is 0 Å². The molecule has 7 nitrogen and oxygen atoms in total. The minimum atomic E-state index is -0.578. The van der Waals surface area contributed by atoms with Gasteiger partial charge in [-0.15, -0.1) is 0 Å². The number of fused-ring (bicyclic) bond motifs is 2. The fourth-order valence-electron chi connectivity index (χ4n) is 5.66. The second kappa shape index (κ2) is 8.03. The fourth-order valence-corrected chi connectivity index (χ4v) is 5.66. The zero-order chi connectivity index (χ0) is 22.5. The van der Waals surface area contributed by atoms with Crippen molar-refractivity contribution in [3.05, 3.63) is 52.9 Å². The van der Waals surface area contributed by atoms with Crippen molar-refractivity contribution in [1.82, 2.24) is 10.1 Å². The highest BCUT2D eigenvalue weighted by Crippen LogP contribution is 2.46. The van der Waals surface area contributed by atoms with Crippen molar-refractivity contribution in [2.24, 2.45) is 11.1 Å². The van der Waals surface area contributed by atoms with Crippen LogP contribution in [0.2, 0.25) is 0 Å². The van der Waals surface area contributed by atoms with Gasteiger partial charge in [0.05, 0.1) is 23.6 Å². The van der Waals surface area contributed by atoms with Crippen molar-refractivity contribution in [1.29, 1.82) is 0 Å². The largest absolute Gasteiger partial charge is 0.391 e. The standard InChI is InChI=1S/C25H31N3O4/c1-15(2)23(22-11-16(3)26-31-22)24(30)28-14-18(29)12-21(28)20-13-25(32-27-20)10-6-8-17-7-4-5-9-19(17)25/h4-5,7,9,11,15,18,21,23,29H,6,8,10,12-14H2,1-3H3/t18-,21+,23-,25+/m1/s1. The number of oxime groups is 1. The quantitative estimate of drug-likeness (QED) is 0.788. The van der Waals surface area contributed by atoms with E-state index in [0.717, 1.165) is 30.7 Å². The van der Waals surface area contributed by atoms with Crippen molar-refractivity contribution in [3.8, 4) is 0 Å². The maximum Gasteiger partial charge on any atom is 0.234 e. The number of carbonyl (C=O) groups excluding carboxylic acids is 1. The van der Waals surface area contributed by atoms with Gasteiger partial charge in [-0.25, -0.2) is 0 Å². The number of aliphatic hydroxyl groups excluding tert-OH is 1. The van der Waals surface area contributed by atoms with Gasteiger partial charge in [0.2, 0.25) is 5.91 Å². The second-order valence-corrected chi connectivity index (χ2v) is 9.84. The molecular weight excluding hydrogens is 406 g/mol. The summed E-state index contributed by atoms with van der Waals surface area (Å²) < 4.78 is 5.47. The van der Waals surface area contributed by atoms with E-state index in [0.29, 0.717) is 25.1 Å². The van der Waals surface area contributed by atoms with Gasteiger partial charge in [0.15, 0.2) is 5.60 Å². The molecule has 5 rings (SSSR count). The van der Waals surface area contributed by atoms with Gasteiger partial charge in [0.1, 0.15) is 11.7 Å². The topological polar surface area (TPSA) is 88.2 Å². The Labute approximate surface area is 188 Å². The highest BCUT2D eigenvalue weighted by molar-refractivity contribution is 5.96. The summed E-state index contributed by atoms with van der Waals surface area (Å²) in [4.78, 5) is 21.6. The normalized spacial score (nSPS) is 28.0. The zero-order valence-electron chi connectivity index (χ0n) is 19.0. The number of amides is 1. The minimum Gasteiger partial charge on any atom is -0.391 e. The van der Waals surface area contributed by atoms with E-state index in [1.54, 1.807) is 4.90 Å². The van der Waals surface area contributed by atoms with Crippen LogP contribution in [0, 0.1) is 12.8 Å². The lowest BCUT2D eigenvalue weighted by Crippen LogP contribution is -2.44. The summed E-state index contributed by atoms with van der Waals surface area (Å²) in [5.41, 5.74) is 3.67. The smallest absolute Gasteiger partial charge is 0.234 e. The number of hydrogen-bond donors (Lipinski definition) is 1. The van der Waals surface area contributed by atoms with Gasteiger partial charge in [0.25, 0.3) is 0 Å². The molecule has 2 aliphatic heterocycles. The molecule has 0 radical (unpaired) electrons. The average molecular weight is 438 g/mol. The van der Waals surface area contributed by atoms with E-state index in [2.05, 4.69) is 34.6 Å². The van der Waals surface area contributed by atoms with Crippen LogP contribution >= 0.6 is 0 Å². The number of rotatable bonds is 4. The molecule has 2 aromatic rings. The van der Waals surface area contributed by atoms with Crippen LogP contribution in [-0.4, -0.2) is 45.5 Å². The Bertz CT molecular complexity index is 1050. The summed E-state index contributed by atoms with van der Waals surface area (Å²) in [5, 5.41) is 19.0. The summed E-state index contributed by atoms with van der Waals surface area (Å²) in [7, 11) is 0. The molecule has 1 spiro atoms. The van der Waals surface area contributed by atoms with Crippen molar-refractivity contribution >= 4 is 11.6 Å². The summed E-state index contributed by atoms with van der Waals surface area (Å²) in [5.74, 6) is 0.109. The SMILES string of the molecule is Cc1cc([C@H](C(=O)N2C[C@H](O)C[C@H]2C2=NO[C@@]3(CCCc4ccccc43)C2)C(C)C)on1. The third kappa shape index (κ3) is 3.52. The Morgan fingerprint density at radius 3 is 2.88 bits per heavy atom. The third-order valence-corrected chi connectivity index (χ3v) is 7.17. The van der Waals surface area contributed by atoms with Gasteiger partial charge in [-0.1, -0.05) is 48.4 Å². The van der Waals surface area contributed by atoms with Gasteiger partial charge in [-0.05, 0) is 37.7 Å². The molecule has 7 heteroatoms. The third-order valence-electron chi connectivity index (χ3n) is 7.17. The number of aliphatic hydroxyl groups is 1. The molecule has 1 saturated heterocycles. The fraction of sp³-hybridized carbons (Fsp3) is 0.560. The molecule has 1 N–H and O–H groups in total. The number of aromatic nitrogens is 1. The van der Waals surface area contributed by atoms with Crippen molar-refractivity contribution in [2.75, 3.05) is 6.54 Å². The molecule has 1 amide bonds. The highest BCUT2D eigenvalue weighted by atomic mass is 16.7. The number of carbonyl (C=O) groups is 1. The van der Waals surface area contributed by atoms with Crippen LogP contribution in [0.4, 0.5) is 0 Å². The molecular formula is C25H31N3O4. The van der Waals surface area contributed by atoms with Crippen LogP contribution in [0.25, 0.3) is 0 Å². The van der Waals surface area contributed by atoms with E-state index in [1.807, 2.05) is 26.8 Å². The lowest BCUT2D eigenvalue weighted by Gasteiger charge is -2.34. The molecule has 0 unspecified atom stereocenters. The lowest BCUT2D eigenvalue weighted by atomic mass is 9.76. The number of β-amino-alcohol motifs (C(OH)–C–C–N with tert-alkyl or cyclic N) is 1. The molecule has 1 aromatic carbocycles. The Balaban J connectivity index is 1.41. The molecule has 170 valence electrons. The van der Waals surface area contributed by atoms with Crippen LogP contribution in [-0.2, 0) is 21.7 Å². The van der Waals surface area contributed by atoms with Gasteiger partial charge in [-0.3, -0.25) is 4.79 Å². The van der Waals surface area contributed by atoms with Crippen molar-refractivity contribution in [3.63, 3.8) is 0 Å². The van der Waals surface area contributed by atoms with E-state index < -0.39 is 17.6 Å². The minimum absolute atomic E-state index is 0.0339. The number of aryl methyl sites for hydroxylation is 2. The van der Waals surface area contributed by atoms with E-state index >= 15 is 0 Å². The lowest BCUT2D eigenvalue weighted by molar-refractivity contribution is -0.134. The first-order chi connectivity index (χ1) is 15.4. The Morgan fingerprint density at radius 1 is 1.31 bits per heavy atom. The number of hydrogen-bond acceptors (Lipinski definition) is 6. The molecule has 1 fully saturated rings. The molecule has 32 heavy (non-hydrogen) atoms. The van der Waals surface area contributed by atoms with Gasteiger partial charge >= 0.3 is 0 Å². The first-order valence-electron chi connectivity index (χ1n) is 11.6. The van der Waals surface area contributed by atoms with E-state index in [1.165, 1.54) is 11.1 Å². The predicted molar refractivity (Wildman–Crippen MR) is 119 cm³/mol. The molecule has 3 heterocycles. The molecule has 1 aromatic heterocycles. The Kier molecular flexibility index (Phi) is 5.32. The van der Waals surface area contributed by atoms with Crippen LogP contribution in [0.3, 0.4) is 0 Å². The van der Waals surface area contributed by atoms with E-state index in [9.17, 15) is 9.90 Å². The maximum atomic E-state index is 13.7. The molecule has 3 aliphatic rings. The monoisotopic (exact) mass is 437 g/mol. The van der Waals surface area contributed by atoms with Gasteiger partial charge in [-0.2, -0.15) is 0 Å². The van der Waals surface area contributed by atoms with Gasteiger partial charge < -0.3 is 19.4 Å². The van der Waals surface area contributed by atoms with Crippen LogP contribution in [0.1, 0.15) is 68.0 Å². The zero-order valence-corrected chi connectivity index (χ0v) is 19.0. The molecule has 0 bridgehead atoms. The van der Waals surface area contributed by atoms with Gasteiger partial charge in [0, 0.05) is 31.0 Å². The summed E-state index contributed by atoms with van der Waals surface area (Å²) >= 11 is 0.